The summed E-state index contributed by atoms with van der Waals surface area (Å²) in [6.07, 6.45) is 5.99. The van der Waals surface area contributed by atoms with Gasteiger partial charge in [-0.1, -0.05) is 68.3 Å². The van der Waals surface area contributed by atoms with Crippen LogP contribution in [0.3, 0.4) is 0 Å². The Morgan fingerprint density at radius 3 is 2.66 bits per heavy atom. The summed E-state index contributed by atoms with van der Waals surface area (Å²) in [5.41, 5.74) is 1.90. The van der Waals surface area contributed by atoms with E-state index in [2.05, 4.69) is 42.6 Å². The quantitative estimate of drug-likeness (QED) is 0.306. The summed E-state index contributed by atoms with van der Waals surface area (Å²) in [5, 5.41) is 15.0. The van der Waals surface area contributed by atoms with Gasteiger partial charge < -0.3 is 14.8 Å². The van der Waals surface area contributed by atoms with Crippen molar-refractivity contribution in [3.05, 3.63) is 77.4 Å². The molecule has 180 valence electrons. The molecule has 0 bridgehead atoms. The van der Waals surface area contributed by atoms with Crippen LogP contribution in [-0.4, -0.2) is 18.6 Å². The summed E-state index contributed by atoms with van der Waals surface area (Å²) < 4.78 is 12.0. The third-order valence-electron chi connectivity index (χ3n) is 6.63. The number of benzene rings is 3. The molecular weight excluding hydrogens is 436 g/mol. The van der Waals surface area contributed by atoms with Gasteiger partial charge in [0, 0.05) is 6.04 Å². The molecule has 1 amide bonds. The number of amides is 1. The lowest BCUT2D eigenvalue weighted by molar-refractivity contribution is -0.118. The Morgan fingerprint density at radius 1 is 1.06 bits per heavy atom. The number of hydrogen-bond donors (Lipinski definition) is 1. The Bertz CT molecular complexity index is 1250. The van der Waals surface area contributed by atoms with Gasteiger partial charge in [-0.05, 0) is 65.8 Å². The van der Waals surface area contributed by atoms with Crippen molar-refractivity contribution in [1.82, 2.24) is 5.32 Å². The number of rotatable bonds is 8. The van der Waals surface area contributed by atoms with E-state index in [1.54, 1.807) is 6.08 Å². The van der Waals surface area contributed by atoms with Gasteiger partial charge >= 0.3 is 0 Å². The van der Waals surface area contributed by atoms with Crippen molar-refractivity contribution in [2.45, 2.75) is 52.2 Å². The molecule has 2 atom stereocenters. The lowest BCUT2D eigenvalue weighted by Crippen LogP contribution is -2.41. The predicted octanol–water partition coefficient (Wildman–Crippen LogP) is 6.42. The Labute approximate surface area is 207 Å². The highest BCUT2D eigenvalue weighted by Gasteiger charge is 2.24. The van der Waals surface area contributed by atoms with Crippen LogP contribution in [0.15, 0.2) is 66.2 Å². The zero-order valence-corrected chi connectivity index (χ0v) is 20.4. The summed E-state index contributed by atoms with van der Waals surface area (Å²) in [6, 6.07) is 22.1. The number of carbonyl (C=O) groups excluding carboxylic acids is 1. The maximum Gasteiger partial charge on any atom is 0.262 e. The van der Waals surface area contributed by atoms with Gasteiger partial charge in [-0.3, -0.25) is 4.79 Å². The molecule has 3 aromatic rings. The van der Waals surface area contributed by atoms with Crippen LogP contribution in [0.25, 0.3) is 16.8 Å². The first-order valence-electron chi connectivity index (χ1n) is 12.4. The minimum absolute atomic E-state index is 0.0923. The van der Waals surface area contributed by atoms with Gasteiger partial charge in [-0.25, -0.2) is 0 Å². The fourth-order valence-corrected chi connectivity index (χ4v) is 4.67. The standard InChI is InChI=1S/C30H32N2O3/c1-3-34-29-18-22(17-25(19-31)30(33)32-27-14-7-4-9-21(27)2)15-16-28(29)35-20-24-12-8-11-23-10-5-6-13-26(23)24/h5-6,8,10-13,15-18,21,27H,3-4,7,9,14,20H2,1-2H3,(H,32,33)/b25-17+/t21-,27-/m1/s1. The van der Waals surface area contributed by atoms with E-state index in [9.17, 15) is 10.1 Å². The summed E-state index contributed by atoms with van der Waals surface area (Å²) >= 11 is 0. The van der Waals surface area contributed by atoms with E-state index in [1.165, 1.54) is 11.8 Å². The second kappa shape index (κ2) is 11.6. The van der Waals surface area contributed by atoms with E-state index in [-0.39, 0.29) is 17.5 Å². The van der Waals surface area contributed by atoms with Crippen molar-refractivity contribution in [2.24, 2.45) is 5.92 Å². The zero-order valence-electron chi connectivity index (χ0n) is 20.4. The summed E-state index contributed by atoms with van der Waals surface area (Å²) in [4.78, 5) is 12.8. The molecule has 0 radical (unpaired) electrons. The van der Waals surface area contributed by atoms with E-state index >= 15 is 0 Å². The van der Waals surface area contributed by atoms with Crippen molar-refractivity contribution in [3.8, 4) is 17.6 Å². The molecule has 0 aliphatic heterocycles. The summed E-state index contributed by atoms with van der Waals surface area (Å²) in [6.45, 7) is 4.95. The van der Waals surface area contributed by atoms with Crippen LogP contribution in [0.5, 0.6) is 11.5 Å². The van der Waals surface area contributed by atoms with Gasteiger partial charge in [-0.2, -0.15) is 5.26 Å². The summed E-state index contributed by atoms with van der Waals surface area (Å²) in [5.74, 6) is 1.31. The highest BCUT2D eigenvalue weighted by molar-refractivity contribution is 6.01. The maximum atomic E-state index is 12.8. The minimum Gasteiger partial charge on any atom is -0.490 e. The van der Waals surface area contributed by atoms with Crippen molar-refractivity contribution in [3.63, 3.8) is 0 Å². The van der Waals surface area contributed by atoms with E-state index < -0.39 is 0 Å². The fourth-order valence-electron chi connectivity index (χ4n) is 4.67. The average molecular weight is 469 g/mol. The molecule has 5 nitrogen and oxygen atoms in total. The molecule has 0 heterocycles. The number of nitrogens with zero attached hydrogens (tertiary/aromatic N) is 1. The van der Waals surface area contributed by atoms with Crippen LogP contribution >= 0.6 is 0 Å². The third-order valence-corrected chi connectivity index (χ3v) is 6.63. The van der Waals surface area contributed by atoms with Crippen LogP contribution < -0.4 is 14.8 Å². The molecule has 3 aromatic carbocycles. The zero-order chi connectivity index (χ0) is 24.6. The maximum absolute atomic E-state index is 12.8. The first kappa shape index (κ1) is 24.3. The highest BCUT2D eigenvalue weighted by Crippen LogP contribution is 2.31. The molecule has 4 rings (SSSR count). The van der Waals surface area contributed by atoms with Gasteiger partial charge in [0.1, 0.15) is 18.2 Å². The van der Waals surface area contributed by atoms with Crippen molar-refractivity contribution in [2.75, 3.05) is 6.61 Å². The summed E-state index contributed by atoms with van der Waals surface area (Å²) in [7, 11) is 0. The Hall–Kier alpha value is -3.78. The Kier molecular flexibility index (Phi) is 8.05. The molecule has 1 aliphatic carbocycles. The van der Waals surface area contributed by atoms with E-state index in [4.69, 9.17) is 9.47 Å². The van der Waals surface area contributed by atoms with E-state index in [0.29, 0.717) is 36.2 Å². The number of nitriles is 1. The lowest BCUT2D eigenvalue weighted by atomic mass is 9.86. The number of fused-ring (bicyclic) bond motifs is 1. The predicted molar refractivity (Wildman–Crippen MR) is 139 cm³/mol. The van der Waals surface area contributed by atoms with Gasteiger partial charge in [0.25, 0.3) is 5.91 Å². The second-order valence-corrected chi connectivity index (χ2v) is 9.08. The third kappa shape index (κ3) is 6.02. The first-order chi connectivity index (χ1) is 17.1. The molecule has 1 N–H and O–H groups in total. The fraction of sp³-hybridized carbons (Fsp3) is 0.333. The number of carbonyl (C=O) groups is 1. The molecular formula is C30H32N2O3. The molecule has 1 saturated carbocycles. The normalized spacial score (nSPS) is 18.0. The Balaban J connectivity index is 1.51. The minimum atomic E-state index is -0.319. The molecule has 1 fully saturated rings. The van der Waals surface area contributed by atoms with Crippen LogP contribution in [0, 0.1) is 17.2 Å². The topological polar surface area (TPSA) is 71.3 Å². The molecule has 1 aliphatic rings. The number of nitrogens with one attached hydrogen (secondary N) is 1. The van der Waals surface area contributed by atoms with Gasteiger partial charge in [0.15, 0.2) is 11.5 Å². The van der Waals surface area contributed by atoms with Gasteiger partial charge in [0.05, 0.1) is 6.61 Å². The molecule has 5 heteroatoms. The van der Waals surface area contributed by atoms with Gasteiger partial charge in [-0.15, -0.1) is 0 Å². The molecule has 0 spiro atoms. The first-order valence-corrected chi connectivity index (χ1v) is 12.4. The number of hydrogen-bond acceptors (Lipinski definition) is 4. The van der Waals surface area contributed by atoms with Crippen molar-refractivity contribution in [1.29, 1.82) is 5.26 Å². The van der Waals surface area contributed by atoms with Crippen LogP contribution in [0.1, 0.15) is 50.7 Å². The highest BCUT2D eigenvalue weighted by atomic mass is 16.5. The van der Waals surface area contributed by atoms with Crippen LogP contribution in [0.4, 0.5) is 0 Å². The van der Waals surface area contributed by atoms with Crippen LogP contribution in [-0.2, 0) is 11.4 Å². The number of ether oxygens (including phenoxy) is 2. The van der Waals surface area contributed by atoms with Crippen molar-refractivity contribution >= 4 is 22.8 Å². The molecule has 35 heavy (non-hydrogen) atoms. The van der Waals surface area contributed by atoms with Crippen LogP contribution in [0.2, 0.25) is 0 Å². The average Bonchev–Trinajstić information content (AvgIpc) is 2.88. The van der Waals surface area contributed by atoms with E-state index in [1.807, 2.05) is 43.3 Å². The molecule has 0 saturated heterocycles. The largest absolute Gasteiger partial charge is 0.490 e. The SMILES string of the molecule is CCOc1cc(/C=C(\C#N)C(=O)N[C@@H]2CCCC[C@H]2C)ccc1OCc1cccc2ccccc12. The lowest BCUT2D eigenvalue weighted by Gasteiger charge is -2.29. The molecule has 0 unspecified atom stereocenters. The molecule has 0 aromatic heterocycles. The second-order valence-electron chi connectivity index (χ2n) is 9.08. The van der Waals surface area contributed by atoms with Gasteiger partial charge in [0.2, 0.25) is 0 Å². The van der Waals surface area contributed by atoms with Crippen molar-refractivity contribution < 1.29 is 14.3 Å². The van der Waals surface area contributed by atoms with E-state index in [0.717, 1.165) is 30.2 Å². The smallest absolute Gasteiger partial charge is 0.262 e. The Morgan fingerprint density at radius 2 is 1.86 bits per heavy atom. The monoisotopic (exact) mass is 468 g/mol.